The Kier molecular flexibility index (Phi) is 4.94. The summed E-state index contributed by atoms with van der Waals surface area (Å²) in [7, 11) is -2.34. The van der Waals surface area contributed by atoms with E-state index in [0.29, 0.717) is 15.8 Å². The number of hydrogen-bond donors (Lipinski definition) is 2. The van der Waals surface area contributed by atoms with E-state index in [-0.39, 0.29) is 15.8 Å². The third-order valence-electron chi connectivity index (χ3n) is 2.60. The first-order chi connectivity index (χ1) is 10.3. The Morgan fingerprint density at radius 2 is 1.95 bits per heavy atom. The number of carbonyl (C=O) groups excluding carboxylic acids is 1. The second-order valence-electron chi connectivity index (χ2n) is 4.26. The molecule has 0 unspecified atom stereocenters. The summed E-state index contributed by atoms with van der Waals surface area (Å²) < 4.78 is 32.6. The molecule has 0 spiro atoms. The number of nitrogens with one attached hydrogen (secondary N) is 2. The fraction of sp³-hybridized carbons (Fsp3) is 0.154. The summed E-state index contributed by atoms with van der Waals surface area (Å²) in [6.45, 7) is 1.33. The fourth-order valence-corrected chi connectivity index (χ4v) is 4.22. The van der Waals surface area contributed by atoms with E-state index in [2.05, 4.69) is 10.0 Å². The minimum Gasteiger partial charge on any atom is -0.497 e. The Hall–Kier alpha value is -1.77. The van der Waals surface area contributed by atoms with Gasteiger partial charge in [0.15, 0.2) is 0 Å². The molecule has 22 heavy (non-hydrogen) atoms. The maximum atomic E-state index is 12.3. The monoisotopic (exact) mass is 360 g/mol. The van der Waals surface area contributed by atoms with Crippen molar-refractivity contribution in [1.82, 2.24) is 0 Å². The van der Waals surface area contributed by atoms with Crippen LogP contribution in [-0.4, -0.2) is 21.4 Å². The van der Waals surface area contributed by atoms with Crippen molar-refractivity contribution in [1.29, 1.82) is 0 Å². The summed E-state index contributed by atoms with van der Waals surface area (Å²) in [5, 5.41) is 2.56. The first-order valence-corrected chi connectivity index (χ1v) is 8.73. The molecule has 0 aliphatic carbocycles. The van der Waals surface area contributed by atoms with E-state index in [1.54, 1.807) is 12.1 Å². The van der Waals surface area contributed by atoms with Crippen molar-refractivity contribution in [3.63, 3.8) is 0 Å². The second kappa shape index (κ2) is 6.55. The van der Waals surface area contributed by atoms with Crippen LogP contribution in [0.15, 0.2) is 34.5 Å². The molecule has 1 aromatic carbocycles. The average molecular weight is 361 g/mol. The third-order valence-corrected chi connectivity index (χ3v) is 5.68. The van der Waals surface area contributed by atoms with Crippen molar-refractivity contribution < 1.29 is 17.9 Å². The SMILES string of the molecule is COc1ccc(NC(C)=O)c(NS(=O)(=O)c2ccc(Cl)s2)c1. The summed E-state index contributed by atoms with van der Waals surface area (Å²) in [4.78, 5) is 11.2. The number of methoxy groups -OCH3 is 1. The second-order valence-corrected chi connectivity index (χ2v) is 7.88. The molecule has 0 atom stereocenters. The maximum Gasteiger partial charge on any atom is 0.271 e. The lowest BCUT2D eigenvalue weighted by Crippen LogP contribution is -2.15. The van der Waals surface area contributed by atoms with E-state index < -0.39 is 10.0 Å². The van der Waals surface area contributed by atoms with E-state index in [1.165, 1.54) is 32.2 Å². The number of sulfonamides is 1. The zero-order chi connectivity index (χ0) is 16.3. The topological polar surface area (TPSA) is 84.5 Å². The normalized spacial score (nSPS) is 11.0. The molecular formula is C13H13ClN2O4S2. The smallest absolute Gasteiger partial charge is 0.271 e. The van der Waals surface area contributed by atoms with Gasteiger partial charge in [0.1, 0.15) is 9.96 Å². The van der Waals surface area contributed by atoms with Crippen LogP contribution >= 0.6 is 22.9 Å². The third kappa shape index (κ3) is 3.90. The number of hydrogen-bond acceptors (Lipinski definition) is 5. The van der Waals surface area contributed by atoms with Crippen molar-refractivity contribution in [2.75, 3.05) is 17.1 Å². The standard InChI is InChI=1S/C13H13ClN2O4S2/c1-8(17)15-10-4-3-9(20-2)7-11(10)16-22(18,19)13-6-5-12(14)21-13/h3-7,16H,1-2H3,(H,15,17). The molecule has 118 valence electrons. The van der Waals surface area contributed by atoms with Crippen LogP contribution in [0.4, 0.5) is 11.4 Å². The van der Waals surface area contributed by atoms with Crippen LogP contribution in [0, 0.1) is 0 Å². The van der Waals surface area contributed by atoms with Crippen LogP contribution < -0.4 is 14.8 Å². The maximum absolute atomic E-state index is 12.3. The van der Waals surface area contributed by atoms with E-state index in [1.807, 2.05) is 0 Å². The molecule has 0 bridgehead atoms. The number of amides is 1. The number of benzene rings is 1. The molecule has 1 amide bonds. The summed E-state index contributed by atoms with van der Waals surface area (Å²) in [5.74, 6) is 0.140. The van der Waals surface area contributed by atoms with Crippen molar-refractivity contribution >= 4 is 50.2 Å². The molecule has 0 radical (unpaired) electrons. The number of ether oxygens (including phenoxy) is 1. The summed E-state index contributed by atoms with van der Waals surface area (Å²) in [6, 6.07) is 7.57. The highest BCUT2D eigenvalue weighted by molar-refractivity contribution is 7.94. The van der Waals surface area contributed by atoms with E-state index in [0.717, 1.165) is 11.3 Å². The van der Waals surface area contributed by atoms with Gasteiger partial charge in [-0.1, -0.05) is 11.6 Å². The van der Waals surface area contributed by atoms with Crippen LogP contribution in [-0.2, 0) is 14.8 Å². The van der Waals surface area contributed by atoms with Gasteiger partial charge in [0, 0.05) is 13.0 Å². The van der Waals surface area contributed by atoms with Gasteiger partial charge in [-0.2, -0.15) is 0 Å². The molecule has 2 rings (SSSR count). The molecule has 9 heteroatoms. The first kappa shape index (κ1) is 16.6. The van der Waals surface area contributed by atoms with E-state index >= 15 is 0 Å². The molecular weight excluding hydrogens is 348 g/mol. The molecule has 2 aromatic rings. The van der Waals surface area contributed by atoms with Gasteiger partial charge in [-0.05, 0) is 24.3 Å². The quantitative estimate of drug-likeness (QED) is 0.857. The van der Waals surface area contributed by atoms with Gasteiger partial charge in [0.25, 0.3) is 10.0 Å². The average Bonchev–Trinajstić information content (AvgIpc) is 2.87. The number of thiophene rings is 1. The minimum absolute atomic E-state index is 0.0779. The number of rotatable bonds is 5. The highest BCUT2D eigenvalue weighted by Gasteiger charge is 2.19. The highest BCUT2D eigenvalue weighted by Crippen LogP contribution is 2.32. The Morgan fingerprint density at radius 3 is 2.50 bits per heavy atom. The molecule has 0 saturated heterocycles. The first-order valence-electron chi connectivity index (χ1n) is 6.05. The Bertz CT molecular complexity index is 802. The zero-order valence-corrected chi connectivity index (χ0v) is 14.1. The fourth-order valence-electron chi connectivity index (χ4n) is 1.67. The Morgan fingerprint density at radius 1 is 1.23 bits per heavy atom. The molecule has 0 fully saturated rings. The molecule has 1 aromatic heterocycles. The van der Waals surface area contributed by atoms with Crippen LogP contribution in [0.5, 0.6) is 5.75 Å². The van der Waals surface area contributed by atoms with Crippen LogP contribution in [0.2, 0.25) is 4.34 Å². The van der Waals surface area contributed by atoms with Gasteiger partial charge in [-0.25, -0.2) is 8.42 Å². The van der Waals surface area contributed by atoms with Gasteiger partial charge in [0.05, 0.1) is 22.8 Å². The minimum atomic E-state index is -3.80. The zero-order valence-electron chi connectivity index (χ0n) is 11.7. The van der Waals surface area contributed by atoms with Crippen LogP contribution in [0.3, 0.4) is 0 Å². The molecule has 0 aliphatic rings. The molecule has 2 N–H and O–H groups in total. The molecule has 0 aliphatic heterocycles. The lowest BCUT2D eigenvalue weighted by molar-refractivity contribution is -0.114. The lowest BCUT2D eigenvalue weighted by Gasteiger charge is -2.13. The Labute approximate surface area is 137 Å². The summed E-state index contributed by atoms with van der Waals surface area (Å²) >= 11 is 6.71. The van der Waals surface area contributed by atoms with Gasteiger partial charge in [-0.3, -0.25) is 9.52 Å². The molecule has 6 nitrogen and oxygen atoms in total. The van der Waals surface area contributed by atoms with Crippen LogP contribution in [0.1, 0.15) is 6.92 Å². The number of anilines is 2. The van der Waals surface area contributed by atoms with E-state index in [4.69, 9.17) is 16.3 Å². The van der Waals surface area contributed by atoms with Crippen molar-refractivity contribution in [2.24, 2.45) is 0 Å². The predicted octanol–water partition coefficient (Wildman–Crippen LogP) is 3.17. The lowest BCUT2D eigenvalue weighted by atomic mass is 10.2. The highest BCUT2D eigenvalue weighted by atomic mass is 35.5. The predicted molar refractivity (Wildman–Crippen MR) is 87.4 cm³/mol. The number of carbonyl (C=O) groups is 1. The molecule has 1 heterocycles. The summed E-state index contributed by atoms with van der Waals surface area (Å²) in [5.41, 5.74) is 0.540. The van der Waals surface area contributed by atoms with E-state index in [9.17, 15) is 13.2 Å². The summed E-state index contributed by atoms with van der Waals surface area (Å²) in [6.07, 6.45) is 0. The van der Waals surface area contributed by atoms with Gasteiger partial charge in [0.2, 0.25) is 5.91 Å². The van der Waals surface area contributed by atoms with Crippen molar-refractivity contribution in [3.05, 3.63) is 34.7 Å². The van der Waals surface area contributed by atoms with Gasteiger partial charge < -0.3 is 10.1 Å². The Balaban J connectivity index is 2.40. The van der Waals surface area contributed by atoms with Gasteiger partial charge in [-0.15, -0.1) is 11.3 Å². The van der Waals surface area contributed by atoms with Crippen molar-refractivity contribution in [3.8, 4) is 5.75 Å². The van der Waals surface area contributed by atoms with Crippen LogP contribution in [0.25, 0.3) is 0 Å². The van der Waals surface area contributed by atoms with Crippen molar-refractivity contribution in [2.45, 2.75) is 11.1 Å². The van der Waals surface area contributed by atoms with Gasteiger partial charge >= 0.3 is 0 Å². The molecule has 0 saturated carbocycles. The number of halogens is 1. The largest absolute Gasteiger partial charge is 0.497 e.